The van der Waals surface area contributed by atoms with Gasteiger partial charge in [-0.2, -0.15) is 0 Å². The number of carbonyl (C=O) groups is 2. The number of hydroxylamine groups is 2. The molecular weight excluding hydrogens is 515 g/mol. The number of aromatic nitrogens is 2. The summed E-state index contributed by atoms with van der Waals surface area (Å²) in [6.45, 7) is 10.7. The summed E-state index contributed by atoms with van der Waals surface area (Å²) >= 11 is 0. The normalized spacial score (nSPS) is 13.7. The third kappa shape index (κ3) is 7.31. The summed E-state index contributed by atoms with van der Waals surface area (Å²) in [5.74, 6) is -0.500. The number of ether oxygens (including phenoxy) is 1. The lowest BCUT2D eigenvalue weighted by atomic mass is 9.97. The summed E-state index contributed by atoms with van der Waals surface area (Å²) < 4.78 is 21.2. The zero-order valence-corrected chi connectivity index (χ0v) is 24.6. The van der Waals surface area contributed by atoms with Crippen LogP contribution in [0.15, 0.2) is 36.7 Å². The number of halogens is 1. The van der Waals surface area contributed by atoms with E-state index in [2.05, 4.69) is 35.4 Å². The zero-order chi connectivity index (χ0) is 28.2. The molecule has 0 radical (unpaired) electrons. The molecular formula is C29H39FN4O4Si. The van der Waals surface area contributed by atoms with Gasteiger partial charge in [0.2, 0.25) is 5.91 Å². The van der Waals surface area contributed by atoms with Crippen LogP contribution in [-0.2, 0) is 33.8 Å². The molecule has 8 nitrogen and oxygen atoms in total. The number of rotatable bonds is 12. The van der Waals surface area contributed by atoms with Gasteiger partial charge in [0.15, 0.2) is 6.79 Å². The van der Waals surface area contributed by atoms with E-state index >= 15 is 0 Å². The summed E-state index contributed by atoms with van der Waals surface area (Å²) in [5, 5.41) is 2.39. The van der Waals surface area contributed by atoms with Crippen LogP contribution in [0.3, 0.4) is 0 Å². The summed E-state index contributed by atoms with van der Waals surface area (Å²) in [6.07, 6.45) is 6.00. The van der Waals surface area contributed by atoms with E-state index in [1.807, 2.05) is 0 Å². The van der Waals surface area contributed by atoms with Gasteiger partial charge in [-0.15, -0.1) is 0 Å². The molecule has 4 rings (SSSR count). The van der Waals surface area contributed by atoms with Crippen molar-refractivity contribution in [3.8, 4) is 0 Å². The Balaban J connectivity index is 1.56. The van der Waals surface area contributed by atoms with Crippen molar-refractivity contribution in [2.45, 2.75) is 58.4 Å². The Morgan fingerprint density at radius 3 is 2.64 bits per heavy atom. The third-order valence-electron chi connectivity index (χ3n) is 7.13. The minimum atomic E-state index is -1.20. The molecule has 10 heteroatoms. The van der Waals surface area contributed by atoms with Crippen LogP contribution in [0.2, 0.25) is 25.7 Å². The van der Waals surface area contributed by atoms with Crippen LogP contribution in [0.1, 0.15) is 40.5 Å². The van der Waals surface area contributed by atoms with Crippen molar-refractivity contribution in [1.29, 1.82) is 0 Å². The Hall–Kier alpha value is -3.08. The Labute approximate surface area is 230 Å². The van der Waals surface area contributed by atoms with E-state index in [0.29, 0.717) is 38.4 Å². The first-order valence-corrected chi connectivity index (χ1v) is 17.2. The Morgan fingerprint density at radius 2 is 1.95 bits per heavy atom. The molecule has 1 aliphatic heterocycles. The van der Waals surface area contributed by atoms with Crippen LogP contribution in [0.4, 0.5) is 4.39 Å². The average Bonchev–Trinajstić information content (AvgIpc) is 3.23. The molecule has 1 aliphatic rings. The predicted molar refractivity (Wildman–Crippen MR) is 152 cm³/mol. The van der Waals surface area contributed by atoms with Crippen molar-refractivity contribution in [1.82, 2.24) is 19.5 Å². The van der Waals surface area contributed by atoms with Crippen LogP contribution in [0.5, 0.6) is 0 Å². The molecule has 0 aliphatic carbocycles. The second-order valence-corrected chi connectivity index (χ2v) is 17.0. The van der Waals surface area contributed by atoms with Crippen LogP contribution in [0, 0.1) is 5.82 Å². The van der Waals surface area contributed by atoms with E-state index in [-0.39, 0.29) is 24.4 Å². The summed E-state index contributed by atoms with van der Waals surface area (Å²) in [4.78, 5) is 36.9. The molecule has 0 spiro atoms. The van der Waals surface area contributed by atoms with Gasteiger partial charge in [-0.3, -0.25) is 9.59 Å². The maximum Gasteiger partial charge on any atom is 0.296 e. The third-order valence-corrected chi connectivity index (χ3v) is 8.83. The van der Waals surface area contributed by atoms with E-state index in [9.17, 15) is 14.0 Å². The second kappa shape index (κ2) is 12.4. The number of hydrogen-bond acceptors (Lipinski definition) is 5. The highest BCUT2D eigenvalue weighted by molar-refractivity contribution is 6.76. The van der Waals surface area contributed by atoms with Gasteiger partial charge in [0.05, 0.1) is 18.3 Å². The van der Waals surface area contributed by atoms with Crippen LogP contribution < -0.4 is 0 Å². The number of pyridine rings is 1. The summed E-state index contributed by atoms with van der Waals surface area (Å²) in [7, 11) is 0.604. The molecule has 0 atom stereocenters. The van der Waals surface area contributed by atoms with Gasteiger partial charge in [-0.05, 0) is 54.1 Å². The van der Waals surface area contributed by atoms with Crippen molar-refractivity contribution in [2.75, 3.05) is 33.5 Å². The molecule has 3 aromatic rings. The standard InChI is InChI=1S/C29H39FN4O4Si/c1-21(35)32(2)13-6-7-23-19-33(18-22-8-10-24(30)11-9-22)26-17-31-28-25(27(23)26)12-14-34(29(28)36)38-20-37-15-16-39(3,4)5/h8-11,17,19H,6-7,12-16,18,20H2,1-5H3. The molecule has 210 valence electrons. The zero-order valence-electron chi connectivity index (χ0n) is 23.6. The first-order valence-electron chi connectivity index (χ1n) is 13.5. The monoisotopic (exact) mass is 554 g/mol. The topological polar surface area (TPSA) is 76.9 Å². The lowest BCUT2D eigenvalue weighted by Crippen LogP contribution is -2.39. The van der Waals surface area contributed by atoms with Gasteiger partial charge in [0.25, 0.3) is 5.91 Å². The summed E-state index contributed by atoms with van der Waals surface area (Å²) in [6, 6.07) is 7.51. The highest BCUT2D eigenvalue weighted by atomic mass is 28.3. The number of carbonyl (C=O) groups excluding carboxylic acids is 2. The fraction of sp³-hybridized carbons (Fsp3) is 0.483. The summed E-state index contributed by atoms with van der Waals surface area (Å²) in [5.41, 5.74) is 4.34. The molecule has 0 saturated carbocycles. The fourth-order valence-corrected chi connectivity index (χ4v) is 5.49. The minimum Gasteiger partial charge on any atom is -0.353 e. The van der Waals surface area contributed by atoms with E-state index < -0.39 is 8.07 Å². The molecule has 1 aromatic carbocycles. The highest BCUT2D eigenvalue weighted by Gasteiger charge is 2.30. The van der Waals surface area contributed by atoms with Crippen LogP contribution in [0.25, 0.3) is 10.9 Å². The van der Waals surface area contributed by atoms with Crippen molar-refractivity contribution in [2.24, 2.45) is 0 Å². The molecule has 0 unspecified atom stereocenters. The van der Waals surface area contributed by atoms with Crippen LogP contribution in [-0.4, -0.2) is 72.9 Å². The number of amides is 2. The SMILES string of the molecule is CC(=O)N(C)CCCc1cn(Cc2ccc(F)cc2)c2cnc3c(c12)CCN(OCOCC[Si](C)(C)C)C3=O. The number of hydrogen-bond donors (Lipinski definition) is 0. The fourth-order valence-electron chi connectivity index (χ4n) is 4.73. The van der Waals surface area contributed by atoms with E-state index in [1.54, 1.807) is 37.2 Å². The largest absolute Gasteiger partial charge is 0.353 e. The van der Waals surface area contributed by atoms with E-state index in [1.165, 1.54) is 17.2 Å². The Kier molecular flexibility index (Phi) is 9.19. The van der Waals surface area contributed by atoms with Crippen molar-refractivity contribution < 1.29 is 23.6 Å². The molecule has 0 fully saturated rings. The molecule has 3 heterocycles. The number of fused-ring (bicyclic) bond motifs is 3. The van der Waals surface area contributed by atoms with Crippen LogP contribution >= 0.6 is 0 Å². The van der Waals surface area contributed by atoms with Gasteiger partial charge in [0, 0.05) is 53.3 Å². The smallest absolute Gasteiger partial charge is 0.296 e. The Bertz CT molecular complexity index is 1320. The van der Waals surface area contributed by atoms with Gasteiger partial charge >= 0.3 is 0 Å². The first kappa shape index (κ1) is 28.9. The molecule has 2 aromatic heterocycles. The highest BCUT2D eigenvalue weighted by Crippen LogP contribution is 2.31. The molecule has 2 amide bonds. The van der Waals surface area contributed by atoms with Crippen molar-refractivity contribution in [3.63, 3.8) is 0 Å². The van der Waals surface area contributed by atoms with Gasteiger partial charge in [-0.25, -0.2) is 19.3 Å². The lowest BCUT2D eigenvalue weighted by molar-refractivity contribution is -0.195. The molecule has 0 N–H and O–H groups in total. The van der Waals surface area contributed by atoms with Crippen molar-refractivity contribution >= 4 is 30.8 Å². The average molecular weight is 555 g/mol. The second-order valence-electron chi connectivity index (χ2n) is 11.4. The van der Waals surface area contributed by atoms with Gasteiger partial charge in [0.1, 0.15) is 11.5 Å². The molecule has 39 heavy (non-hydrogen) atoms. The van der Waals surface area contributed by atoms with Gasteiger partial charge in [-0.1, -0.05) is 31.8 Å². The molecule has 0 saturated heterocycles. The number of nitrogens with zero attached hydrogens (tertiary/aromatic N) is 4. The minimum absolute atomic E-state index is 0.0328. The Morgan fingerprint density at radius 1 is 1.21 bits per heavy atom. The lowest BCUT2D eigenvalue weighted by Gasteiger charge is -2.27. The maximum atomic E-state index is 13.5. The first-order chi connectivity index (χ1) is 18.5. The van der Waals surface area contributed by atoms with E-state index in [0.717, 1.165) is 46.5 Å². The van der Waals surface area contributed by atoms with Gasteiger partial charge < -0.3 is 14.2 Å². The van der Waals surface area contributed by atoms with Crippen molar-refractivity contribution in [3.05, 3.63) is 64.9 Å². The van der Waals surface area contributed by atoms with E-state index in [4.69, 9.17) is 9.57 Å². The maximum absolute atomic E-state index is 13.5. The number of benzene rings is 1. The number of aryl methyl sites for hydroxylation is 1. The predicted octanol–water partition coefficient (Wildman–Crippen LogP) is 4.88. The quantitative estimate of drug-likeness (QED) is 0.181. The molecule has 0 bridgehead atoms.